The highest BCUT2D eigenvalue weighted by Gasteiger charge is 2.23. The molecule has 0 unspecified atom stereocenters. The lowest BCUT2D eigenvalue weighted by Gasteiger charge is -2.34. The second-order valence-electron chi connectivity index (χ2n) is 7.62. The maximum absolute atomic E-state index is 12.4. The van der Waals surface area contributed by atoms with Crippen LogP contribution >= 0.6 is 0 Å². The van der Waals surface area contributed by atoms with E-state index in [-0.39, 0.29) is 17.4 Å². The van der Waals surface area contributed by atoms with Crippen molar-refractivity contribution < 1.29 is 9.59 Å². The number of aromatic nitrogens is 1. The quantitative estimate of drug-likeness (QED) is 0.775. The molecule has 2 N–H and O–H groups in total. The standard InChI is InChI=1S/C20H30N4O3/c25-18-8-6-16(14-21-18)7-9-20(27)24-12-10-23(11-13-24)15-19(26)22-17-4-2-1-3-5-17/h6,8,14,17H,1-5,7,9-13,15H2,(H,21,25)(H,22,26). The molecule has 148 valence electrons. The highest BCUT2D eigenvalue weighted by Crippen LogP contribution is 2.17. The number of carbonyl (C=O) groups is 2. The van der Waals surface area contributed by atoms with Gasteiger partial charge in [0.1, 0.15) is 0 Å². The summed E-state index contributed by atoms with van der Waals surface area (Å²) >= 11 is 0. The monoisotopic (exact) mass is 374 g/mol. The van der Waals surface area contributed by atoms with Gasteiger partial charge in [0.2, 0.25) is 17.4 Å². The molecule has 3 rings (SSSR count). The summed E-state index contributed by atoms with van der Waals surface area (Å²) in [4.78, 5) is 42.3. The number of amides is 2. The van der Waals surface area contributed by atoms with E-state index in [4.69, 9.17) is 0 Å². The summed E-state index contributed by atoms with van der Waals surface area (Å²) in [6, 6.07) is 3.59. The van der Waals surface area contributed by atoms with Crippen molar-refractivity contribution in [2.45, 2.75) is 51.0 Å². The van der Waals surface area contributed by atoms with Gasteiger partial charge in [0, 0.05) is 50.9 Å². The fourth-order valence-electron chi connectivity index (χ4n) is 3.89. The van der Waals surface area contributed by atoms with Crippen molar-refractivity contribution in [3.05, 3.63) is 34.2 Å². The first-order valence-corrected chi connectivity index (χ1v) is 10.1. The number of carbonyl (C=O) groups excluding carboxylic acids is 2. The minimum atomic E-state index is -0.131. The molecule has 1 aliphatic carbocycles. The average Bonchev–Trinajstić information content (AvgIpc) is 2.68. The summed E-state index contributed by atoms with van der Waals surface area (Å²) < 4.78 is 0. The Morgan fingerprint density at radius 1 is 1.07 bits per heavy atom. The Kier molecular flexibility index (Phi) is 7.04. The largest absolute Gasteiger partial charge is 0.352 e. The molecular formula is C20H30N4O3. The summed E-state index contributed by atoms with van der Waals surface area (Å²) in [5, 5.41) is 3.16. The molecule has 27 heavy (non-hydrogen) atoms. The Morgan fingerprint density at radius 2 is 1.81 bits per heavy atom. The van der Waals surface area contributed by atoms with E-state index in [0.29, 0.717) is 38.5 Å². The molecule has 1 aromatic heterocycles. The van der Waals surface area contributed by atoms with Gasteiger partial charge in [-0.3, -0.25) is 19.3 Å². The molecule has 2 heterocycles. The van der Waals surface area contributed by atoms with Crippen LogP contribution in [0.1, 0.15) is 44.1 Å². The number of nitrogens with one attached hydrogen (secondary N) is 2. The number of aromatic amines is 1. The Morgan fingerprint density at radius 3 is 2.48 bits per heavy atom. The molecule has 2 fully saturated rings. The fourth-order valence-corrected chi connectivity index (χ4v) is 3.89. The van der Waals surface area contributed by atoms with Crippen LogP contribution in [0.3, 0.4) is 0 Å². The fraction of sp³-hybridized carbons (Fsp3) is 0.650. The Bertz CT molecular complexity index is 668. The van der Waals surface area contributed by atoms with E-state index in [9.17, 15) is 14.4 Å². The second kappa shape index (κ2) is 9.69. The first-order chi connectivity index (χ1) is 13.1. The molecule has 7 heteroatoms. The van der Waals surface area contributed by atoms with Crippen LogP contribution < -0.4 is 10.9 Å². The van der Waals surface area contributed by atoms with E-state index in [2.05, 4.69) is 15.2 Å². The highest BCUT2D eigenvalue weighted by atomic mass is 16.2. The number of hydrogen-bond donors (Lipinski definition) is 2. The lowest BCUT2D eigenvalue weighted by Crippen LogP contribution is -2.52. The molecule has 1 saturated heterocycles. The maximum Gasteiger partial charge on any atom is 0.247 e. The van der Waals surface area contributed by atoms with Crippen LogP contribution in [0.2, 0.25) is 0 Å². The third kappa shape index (κ3) is 6.20. The molecule has 0 bridgehead atoms. The molecule has 1 aliphatic heterocycles. The second-order valence-corrected chi connectivity index (χ2v) is 7.62. The number of hydrogen-bond acceptors (Lipinski definition) is 4. The zero-order chi connectivity index (χ0) is 19.1. The maximum atomic E-state index is 12.4. The van der Waals surface area contributed by atoms with Crippen LogP contribution in [0, 0.1) is 0 Å². The molecule has 7 nitrogen and oxygen atoms in total. The predicted octanol–water partition coefficient (Wildman–Crippen LogP) is 0.901. The average molecular weight is 374 g/mol. The zero-order valence-corrected chi connectivity index (χ0v) is 15.9. The minimum Gasteiger partial charge on any atom is -0.352 e. The lowest BCUT2D eigenvalue weighted by atomic mass is 9.95. The molecule has 2 amide bonds. The van der Waals surface area contributed by atoms with Crippen LogP contribution in [0.15, 0.2) is 23.1 Å². The zero-order valence-electron chi connectivity index (χ0n) is 15.9. The van der Waals surface area contributed by atoms with Crippen molar-refractivity contribution in [1.29, 1.82) is 0 Å². The van der Waals surface area contributed by atoms with Gasteiger partial charge in [0.25, 0.3) is 0 Å². The van der Waals surface area contributed by atoms with E-state index >= 15 is 0 Å². The van der Waals surface area contributed by atoms with Gasteiger partial charge < -0.3 is 15.2 Å². The van der Waals surface area contributed by atoms with E-state index in [1.165, 1.54) is 25.3 Å². The number of pyridine rings is 1. The van der Waals surface area contributed by atoms with Crippen LogP contribution in [-0.2, 0) is 16.0 Å². The van der Waals surface area contributed by atoms with Crippen molar-refractivity contribution in [1.82, 2.24) is 20.1 Å². The van der Waals surface area contributed by atoms with Gasteiger partial charge in [-0.1, -0.05) is 25.3 Å². The van der Waals surface area contributed by atoms with Gasteiger partial charge in [0.05, 0.1) is 6.54 Å². The molecule has 1 aromatic rings. The third-order valence-electron chi connectivity index (χ3n) is 5.54. The third-order valence-corrected chi connectivity index (χ3v) is 5.54. The molecular weight excluding hydrogens is 344 g/mol. The van der Waals surface area contributed by atoms with Crippen molar-refractivity contribution in [3.8, 4) is 0 Å². The summed E-state index contributed by atoms with van der Waals surface area (Å²) in [5.74, 6) is 0.243. The van der Waals surface area contributed by atoms with E-state index in [1.807, 2.05) is 4.90 Å². The van der Waals surface area contributed by atoms with E-state index in [0.717, 1.165) is 31.5 Å². The van der Waals surface area contributed by atoms with Crippen molar-refractivity contribution in [2.24, 2.45) is 0 Å². The van der Waals surface area contributed by atoms with Crippen LogP contribution in [0.4, 0.5) is 0 Å². The minimum absolute atomic E-state index is 0.111. The summed E-state index contributed by atoms with van der Waals surface area (Å²) in [5.41, 5.74) is 0.828. The van der Waals surface area contributed by atoms with Gasteiger partial charge in [-0.25, -0.2) is 0 Å². The van der Waals surface area contributed by atoms with Gasteiger partial charge in [-0.15, -0.1) is 0 Å². The first kappa shape index (κ1) is 19.6. The normalized spacial score (nSPS) is 19.0. The molecule has 0 aromatic carbocycles. The Labute approximate surface area is 160 Å². The number of H-pyrrole nitrogens is 1. The molecule has 1 saturated carbocycles. The highest BCUT2D eigenvalue weighted by molar-refractivity contribution is 5.78. The summed E-state index contributed by atoms with van der Waals surface area (Å²) in [7, 11) is 0. The molecule has 0 radical (unpaired) electrons. The SMILES string of the molecule is O=C(CN1CCN(C(=O)CCc2ccc(=O)[nH]c2)CC1)NC1CCCCC1. The van der Waals surface area contributed by atoms with E-state index < -0.39 is 0 Å². The number of aryl methyl sites for hydroxylation is 1. The van der Waals surface area contributed by atoms with Crippen molar-refractivity contribution in [3.63, 3.8) is 0 Å². The predicted molar refractivity (Wildman–Crippen MR) is 103 cm³/mol. The molecule has 2 aliphatic rings. The summed E-state index contributed by atoms with van der Waals surface area (Å²) in [6.45, 7) is 3.24. The van der Waals surface area contributed by atoms with Gasteiger partial charge in [-0.2, -0.15) is 0 Å². The van der Waals surface area contributed by atoms with Crippen LogP contribution in [0.25, 0.3) is 0 Å². The number of piperazine rings is 1. The number of rotatable bonds is 6. The number of nitrogens with zero attached hydrogens (tertiary/aromatic N) is 2. The van der Waals surface area contributed by atoms with Crippen LogP contribution in [0.5, 0.6) is 0 Å². The Hall–Kier alpha value is -2.15. The van der Waals surface area contributed by atoms with Crippen molar-refractivity contribution >= 4 is 11.8 Å². The van der Waals surface area contributed by atoms with E-state index in [1.54, 1.807) is 12.3 Å². The van der Waals surface area contributed by atoms with Gasteiger partial charge >= 0.3 is 0 Å². The topological polar surface area (TPSA) is 85.5 Å². The van der Waals surface area contributed by atoms with Gasteiger partial charge in [-0.05, 0) is 24.8 Å². The van der Waals surface area contributed by atoms with Crippen LogP contribution in [-0.4, -0.2) is 65.4 Å². The molecule has 0 atom stereocenters. The van der Waals surface area contributed by atoms with Gasteiger partial charge in [0.15, 0.2) is 0 Å². The smallest absolute Gasteiger partial charge is 0.247 e. The summed E-state index contributed by atoms with van der Waals surface area (Å²) in [6.07, 6.45) is 8.64. The van der Waals surface area contributed by atoms with Crippen molar-refractivity contribution in [2.75, 3.05) is 32.7 Å². The first-order valence-electron chi connectivity index (χ1n) is 10.1. The lowest BCUT2D eigenvalue weighted by molar-refractivity contribution is -0.133. The molecule has 0 spiro atoms. The Balaban J connectivity index is 1.35.